The Labute approximate surface area is 66.4 Å². The SMILES string of the molecule is CCOC=CC(=O)NC1CC1. The van der Waals surface area contributed by atoms with Crippen molar-refractivity contribution >= 4 is 5.91 Å². The highest BCUT2D eigenvalue weighted by atomic mass is 16.5. The topological polar surface area (TPSA) is 38.3 Å². The van der Waals surface area contributed by atoms with Crippen molar-refractivity contribution in [3.05, 3.63) is 12.3 Å². The molecule has 1 N–H and O–H groups in total. The van der Waals surface area contributed by atoms with Crippen LogP contribution in [0.1, 0.15) is 19.8 Å². The van der Waals surface area contributed by atoms with Crippen LogP contribution in [-0.2, 0) is 9.53 Å². The van der Waals surface area contributed by atoms with Gasteiger partial charge in [0.1, 0.15) is 0 Å². The molecule has 0 heterocycles. The number of carbonyl (C=O) groups excluding carboxylic acids is 1. The summed E-state index contributed by atoms with van der Waals surface area (Å²) in [4.78, 5) is 10.9. The molecule has 0 radical (unpaired) electrons. The van der Waals surface area contributed by atoms with Gasteiger partial charge in [0, 0.05) is 12.1 Å². The van der Waals surface area contributed by atoms with Gasteiger partial charge in [-0.3, -0.25) is 4.79 Å². The summed E-state index contributed by atoms with van der Waals surface area (Å²) in [6.07, 6.45) is 5.09. The van der Waals surface area contributed by atoms with E-state index in [4.69, 9.17) is 4.74 Å². The molecule has 0 saturated heterocycles. The predicted octanol–water partition coefficient (Wildman–Crippen LogP) is 0.815. The summed E-state index contributed by atoms with van der Waals surface area (Å²) in [7, 11) is 0. The average Bonchev–Trinajstić information content (AvgIpc) is 2.72. The van der Waals surface area contributed by atoms with Gasteiger partial charge < -0.3 is 10.1 Å². The molecule has 1 saturated carbocycles. The first-order valence-electron chi connectivity index (χ1n) is 3.91. The molecule has 3 heteroatoms. The Hall–Kier alpha value is -0.990. The maximum Gasteiger partial charge on any atom is 0.247 e. The summed E-state index contributed by atoms with van der Waals surface area (Å²) >= 11 is 0. The second kappa shape index (κ2) is 4.01. The smallest absolute Gasteiger partial charge is 0.247 e. The standard InChI is InChI=1S/C8H13NO2/c1-2-11-6-5-8(10)9-7-3-4-7/h5-7H,2-4H2,1H3,(H,9,10). The van der Waals surface area contributed by atoms with Crippen molar-refractivity contribution in [3.63, 3.8) is 0 Å². The van der Waals surface area contributed by atoms with Crippen LogP contribution in [-0.4, -0.2) is 18.6 Å². The van der Waals surface area contributed by atoms with Crippen molar-refractivity contribution in [2.75, 3.05) is 6.61 Å². The molecule has 11 heavy (non-hydrogen) atoms. The first-order chi connectivity index (χ1) is 5.33. The van der Waals surface area contributed by atoms with E-state index in [0.717, 1.165) is 12.8 Å². The van der Waals surface area contributed by atoms with E-state index in [1.807, 2.05) is 6.92 Å². The van der Waals surface area contributed by atoms with E-state index in [2.05, 4.69) is 5.32 Å². The Balaban J connectivity index is 2.08. The Bertz CT molecular complexity index is 161. The van der Waals surface area contributed by atoms with Crippen LogP contribution in [0.4, 0.5) is 0 Å². The van der Waals surface area contributed by atoms with Crippen molar-refractivity contribution in [3.8, 4) is 0 Å². The van der Waals surface area contributed by atoms with Gasteiger partial charge in [-0.25, -0.2) is 0 Å². The summed E-state index contributed by atoms with van der Waals surface area (Å²) < 4.78 is 4.86. The lowest BCUT2D eigenvalue weighted by molar-refractivity contribution is -0.116. The van der Waals surface area contributed by atoms with E-state index in [1.165, 1.54) is 12.3 Å². The van der Waals surface area contributed by atoms with Gasteiger partial charge in [-0.1, -0.05) is 0 Å². The van der Waals surface area contributed by atoms with E-state index in [0.29, 0.717) is 12.6 Å². The molecule has 0 bridgehead atoms. The van der Waals surface area contributed by atoms with Crippen LogP contribution in [0.15, 0.2) is 12.3 Å². The van der Waals surface area contributed by atoms with Gasteiger partial charge in [-0.15, -0.1) is 0 Å². The molecule has 3 nitrogen and oxygen atoms in total. The van der Waals surface area contributed by atoms with Crippen LogP contribution in [0.25, 0.3) is 0 Å². The van der Waals surface area contributed by atoms with Crippen molar-refractivity contribution in [1.82, 2.24) is 5.32 Å². The van der Waals surface area contributed by atoms with Crippen LogP contribution in [0.2, 0.25) is 0 Å². The van der Waals surface area contributed by atoms with Gasteiger partial charge in [0.05, 0.1) is 12.9 Å². The third-order valence-electron chi connectivity index (χ3n) is 1.41. The monoisotopic (exact) mass is 155 g/mol. The molecule has 1 amide bonds. The predicted molar refractivity (Wildman–Crippen MR) is 41.9 cm³/mol. The number of rotatable bonds is 4. The number of hydrogen-bond acceptors (Lipinski definition) is 2. The minimum atomic E-state index is -0.0547. The Morgan fingerprint density at radius 2 is 2.45 bits per heavy atom. The maximum atomic E-state index is 10.9. The van der Waals surface area contributed by atoms with E-state index in [9.17, 15) is 4.79 Å². The molecule has 0 aromatic rings. The summed E-state index contributed by atoms with van der Waals surface area (Å²) in [6, 6.07) is 0.425. The second-order valence-electron chi connectivity index (χ2n) is 2.54. The summed E-state index contributed by atoms with van der Waals surface area (Å²) in [5.41, 5.74) is 0. The minimum Gasteiger partial charge on any atom is -0.501 e. The van der Waals surface area contributed by atoms with Crippen molar-refractivity contribution in [2.24, 2.45) is 0 Å². The van der Waals surface area contributed by atoms with Gasteiger partial charge in [-0.2, -0.15) is 0 Å². The van der Waals surface area contributed by atoms with Gasteiger partial charge in [0.2, 0.25) is 5.91 Å². The Morgan fingerprint density at radius 1 is 1.73 bits per heavy atom. The van der Waals surface area contributed by atoms with Gasteiger partial charge in [-0.05, 0) is 19.8 Å². The van der Waals surface area contributed by atoms with Crippen LogP contribution in [0, 0.1) is 0 Å². The third kappa shape index (κ3) is 3.65. The normalized spacial score (nSPS) is 16.8. The lowest BCUT2D eigenvalue weighted by Crippen LogP contribution is -2.22. The van der Waals surface area contributed by atoms with E-state index >= 15 is 0 Å². The quantitative estimate of drug-likeness (QED) is 0.482. The fraction of sp³-hybridized carbons (Fsp3) is 0.625. The third-order valence-corrected chi connectivity index (χ3v) is 1.41. The van der Waals surface area contributed by atoms with Crippen LogP contribution in [0.5, 0.6) is 0 Å². The van der Waals surface area contributed by atoms with Gasteiger partial charge >= 0.3 is 0 Å². The molecule has 0 spiro atoms. The second-order valence-corrected chi connectivity index (χ2v) is 2.54. The molecule has 1 fully saturated rings. The number of ether oxygens (including phenoxy) is 1. The first kappa shape index (κ1) is 8.11. The van der Waals surface area contributed by atoms with Crippen molar-refractivity contribution in [2.45, 2.75) is 25.8 Å². The highest BCUT2D eigenvalue weighted by molar-refractivity contribution is 5.87. The van der Waals surface area contributed by atoms with E-state index in [1.54, 1.807) is 0 Å². The van der Waals surface area contributed by atoms with E-state index < -0.39 is 0 Å². The largest absolute Gasteiger partial charge is 0.501 e. The fourth-order valence-electron chi connectivity index (χ4n) is 0.683. The van der Waals surface area contributed by atoms with Crippen molar-refractivity contribution < 1.29 is 9.53 Å². The molecule has 0 unspecified atom stereocenters. The number of carbonyl (C=O) groups is 1. The summed E-state index contributed by atoms with van der Waals surface area (Å²) in [5.74, 6) is -0.0547. The maximum absolute atomic E-state index is 10.9. The molecule has 62 valence electrons. The summed E-state index contributed by atoms with van der Waals surface area (Å²) in [6.45, 7) is 2.48. The van der Waals surface area contributed by atoms with Crippen LogP contribution in [0.3, 0.4) is 0 Å². The first-order valence-corrected chi connectivity index (χ1v) is 3.91. The molecule has 0 aliphatic heterocycles. The van der Waals surface area contributed by atoms with Gasteiger partial charge in [0.25, 0.3) is 0 Å². The molecule has 1 aliphatic rings. The number of amides is 1. The highest BCUT2D eigenvalue weighted by Crippen LogP contribution is 2.18. The number of nitrogens with one attached hydrogen (secondary N) is 1. The van der Waals surface area contributed by atoms with Crippen LogP contribution >= 0.6 is 0 Å². The lowest BCUT2D eigenvalue weighted by atomic mass is 10.5. The molecular weight excluding hydrogens is 142 g/mol. The molecule has 0 aromatic heterocycles. The zero-order valence-corrected chi connectivity index (χ0v) is 6.67. The lowest BCUT2D eigenvalue weighted by Gasteiger charge is -1.96. The van der Waals surface area contributed by atoms with Crippen LogP contribution < -0.4 is 5.32 Å². The van der Waals surface area contributed by atoms with E-state index in [-0.39, 0.29) is 5.91 Å². The molecule has 1 rings (SSSR count). The fourth-order valence-corrected chi connectivity index (χ4v) is 0.683. The molecule has 1 aliphatic carbocycles. The van der Waals surface area contributed by atoms with Crippen molar-refractivity contribution in [1.29, 1.82) is 0 Å². The Morgan fingerprint density at radius 3 is 3.00 bits per heavy atom. The zero-order chi connectivity index (χ0) is 8.10. The minimum absolute atomic E-state index is 0.0547. The Kier molecular flexibility index (Phi) is 2.95. The average molecular weight is 155 g/mol. The number of hydrogen-bond donors (Lipinski definition) is 1. The zero-order valence-electron chi connectivity index (χ0n) is 6.67. The van der Waals surface area contributed by atoms with Gasteiger partial charge in [0.15, 0.2) is 0 Å². The molecule has 0 aromatic carbocycles. The summed E-state index contributed by atoms with van der Waals surface area (Å²) in [5, 5.41) is 2.81. The molecule has 0 atom stereocenters. The molecular formula is C8H13NO2. The highest BCUT2D eigenvalue weighted by Gasteiger charge is 2.21.